The molecular formula is C13H19N6O5+. The first kappa shape index (κ1) is 17.4. The maximum Gasteiger partial charge on any atom is 0.324 e. The number of hydrogen-bond acceptors (Lipinski definition) is 6. The number of hydrogen-bond donors (Lipinski definition) is 4. The SMILES string of the molecule is CC[NH+](CC)CCNc1c([N+](=O)[O-])cc2[nH]c(=O)[nH]c2c1[N+](=O)[O-]. The quantitative estimate of drug-likeness (QED) is 0.393. The van der Waals surface area contributed by atoms with E-state index in [1.165, 1.54) is 4.90 Å². The zero-order valence-electron chi connectivity index (χ0n) is 13.3. The predicted molar refractivity (Wildman–Crippen MR) is 87.6 cm³/mol. The van der Waals surface area contributed by atoms with E-state index >= 15 is 0 Å². The number of aromatic amines is 2. The van der Waals surface area contributed by atoms with Crippen molar-refractivity contribution in [3.63, 3.8) is 0 Å². The van der Waals surface area contributed by atoms with Crippen LogP contribution in [0.5, 0.6) is 0 Å². The molecule has 0 aliphatic rings. The summed E-state index contributed by atoms with van der Waals surface area (Å²) < 4.78 is 0. The van der Waals surface area contributed by atoms with E-state index < -0.39 is 26.9 Å². The van der Waals surface area contributed by atoms with Crippen molar-refractivity contribution >= 4 is 28.1 Å². The fraction of sp³-hybridized carbons (Fsp3) is 0.462. The molecule has 0 radical (unpaired) electrons. The van der Waals surface area contributed by atoms with Crippen LogP contribution in [0.2, 0.25) is 0 Å². The van der Waals surface area contributed by atoms with E-state index in [9.17, 15) is 25.0 Å². The molecule has 1 aromatic carbocycles. The third-order valence-electron chi connectivity index (χ3n) is 3.93. The number of aromatic nitrogens is 2. The molecule has 11 heteroatoms. The Balaban J connectivity index is 2.50. The number of nitrogens with zero attached hydrogens (tertiary/aromatic N) is 2. The maximum absolute atomic E-state index is 11.4. The van der Waals surface area contributed by atoms with Gasteiger partial charge in [-0.2, -0.15) is 0 Å². The first-order chi connectivity index (χ1) is 11.4. The van der Waals surface area contributed by atoms with Crippen LogP contribution in [0.1, 0.15) is 13.8 Å². The van der Waals surface area contributed by atoms with Crippen molar-refractivity contribution in [3.05, 3.63) is 36.8 Å². The van der Waals surface area contributed by atoms with Gasteiger partial charge in [-0.05, 0) is 13.8 Å². The zero-order chi connectivity index (χ0) is 17.9. The number of likely N-dealkylation sites (N-methyl/N-ethyl adjacent to an activating group) is 1. The van der Waals surface area contributed by atoms with Gasteiger partial charge in [-0.3, -0.25) is 25.2 Å². The number of H-pyrrole nitrogens is 2. The van der Waals surface area contributed by atoms with Crippen LogP contribution in [0.4, 0.5) is 17.1 Å². The Morgan fingerprint density at radius 2 is 1.83 bits per heavy atom. The molecular weight excluding hydrogens is 320 g/mol. The molecule has 1 heterocycles. The van der Waals surface area contributed by atoms with Crippen LogP contribution >= 0.6 is 0 Å². The van der Waals surface area contributed by atoms with Gasteiger partial charge >= 0.3 is 17.1 Å². The van der Waals surface area contributed by atoms with Crippen LogP contribution in [0.3, 0.4) is 0 Å². The molecule has 0 atom stereocenters. The average molecular weight is 339 g/mol. The highest BCUT2D eigenvalue weighted by molar-refractivity contribution is 5.96. The number of quaternary nitrogens is 1. The summed E-state index contributed by atoms with van der Waals surface area (Å²) in [5, 5.41) is 25.5. The second-order valence-corrected chi connectivity index (χ2v) is 5.27. The lowest BCUT2D eigenvalue weighted by molar-refractivity contribution is -0.894. The van der Waals surface area contributed by atoms with E-state index in [2.05, 4.69) is 15.3 Å². The van der Waals surface area contributed by atoms with Crippen molar-refractivity contribution in [2.75, 3.05) is 31.5 Å². The summed E-state index contributed by atoms with van der Waals surface area (Å²) in [5.74, 6) is 0. The molecule has 4 N–H and O–H groups in total. The number of fused-ring (bicyclic) bond motifs is 1. The molecule has 0 fully saturated rings. The van der Waals surface area contributed by atoms with Crippen LogP contribution in [0.15, 0.2) is 10.9 Å². The number of nitrogens with one attached hydrogen (secondary N) is 4. The van der Waals surface area contributed by atoms with Gasteiger partial charge in [0.15, 0.2) is 5.69 Å². The lowest BCUT2D eigenvalue weighted by atomic mass is 10.2. The number of rotatable bonds is 8. The van der Waals surface area contributed by atoms with E-state index in [0.29, 0.717) is 13.1 Å². The van der Waals surface area contributed by atoms with Crippen molar-refractivity contribution in [3.8, 4) is 0 Å². The fourth-order valence-electron chi connectivity index (χ4n) is 2.62. The summed E-state index contributed by atoms with van der Waals surface area (Å²) in [7, 11) is 0. The molecule has 0 bridgehead atoms. The first-order valence-electron chi connectivity index (χ1n) is 7.54. The first-order valence-corrected chi connectivity index (χ1v) is 7.54. The van der Waals surface area contributed by atoms with Crippen LogP contribution in [-0.2, 0) is 0 Å². The van der Waals surface area contributed by atoms with Gasteiger partial charge in [0.05, 0.1) is 41.5 Å². The molecule has 1 aromatic heterocycles. The Kier molecular flexibility index (Phi) is 5.14. The van der Waals surface area contributed by atoms with Crippen LogP contribution in [-0.4, -0.2) is 46.0 Å². The molecule has 24 heavy (non-hydrogen) atoms. The van der Waals surface area contributed by atoms with Gasteiger partial charge in [0.1, 0.15) is 5.52 Å². The molecule has 130 valence electrons. The average Bonchev–Trinajstić information content (AvgIpc) is 2.89. The highest BCUT2D eigenvalue weighted by Gasteiger charge is 2.30. The van der Waals surface area contributed by atoms with Gasteiger partial charge in [-0.15, -0.1) is 0 Å². The van der Waals surface area contributed by atoms with Crippen molar-refractivity contribution in [2.24, 2.45) is 0 Å². The molecule has 0 unspecified atom stereocenters. The second-order valence-electron chi connectivity index (χ2n) is 5.27. The Labute approximate surface area is 136 Å². The van der Waals surface area contributed by atoms with Crippen molar-refractivity contribution in [1.29, 1.82) is 0 Å². The summed E-state index contributed by atoms with van der Waals surface area (Å²) >= 11 is 0. The maximum atomic E-state index is 11.4. The van der Waals surface area contributed by atoms with E-state index in [0.717, 1.165) is 19.2 Å². The summed E-state index contributed by atoms with van der Waals surface area (Å²) in [6, 6.07) is 1.12. The Morgan fingerprint density at radius 3 is 2.38 bits per heavy atom. The van der Waals surface area contributed by atoms with Gasteiger partial charge in [0.25, 0.3) is 0 Å². The third-order valence-corrected chi connectivity index (χ3v) is 3.93. The van der Waals surface area contributed by atoms with Crippen molar-refractivity contribution in [2.45, 2.75) is 13.8 Å². The number of nitro groups is 2. The predicted octanol–water partition coefficient (Wildman–Crippen LogP) is 0.00920. The lowest BCUT2D eigenvalue weighted by Crippen LogP contribution is -3.12. The minimum absolute atomic E-state index is 0.0262. The van der Waals surface area contributed by atoms with Gasteiger partial charge in [-0.1, -0.05) is 0 Å². The van der Waals surface area contributed by atoms with Crippen LogP contribution < -0.4 is 15.9 Å². The molecule has 0 saturated heterocycles. The lowest BCUT2D eigenvalue weighted by Gasteiger charge is -2.16. The van der Waals surface area contributed by atoms with E-state index in [1.807, 2.05) is 13.8 Å². The summed E-state index contributed by atoms with van der Waals surface area (Å²) in [6.45, 7) is 6.78. The third kappa shape index (κ3) is 3.35. The smallest absolute Gasteiger partial charge is 0.324 e. The summed E-state index contributed by atoms with van der Waals surface area (Å²) in [6.07, 6.45) is 0. The Hall–Kier alpha value is -2.95. The molecule has 0 amide bonds. The highest BCUT2D eigenvalue weighted by atomic mass is 16.6. The molecule has 0 aliphatic heterocycles. The molecule has 0 spiro atoms. The Morgan fingerprint density at radius 1 is 1.17 bits per heavy atom. The molecule has 2 rings (SSSR count). The summed E-state index contributed by atoms with van der Waals surface area (Å²) in [5.41, 5.74) is -1.84. The number of anilines is 1. The number of benzene rings is 1. The minimum Gasteiger partial charge on any atom is -0.368 e. The molecule has 2 aromatic rings. The van der Waals surface area contributed by atoms with Gasteiger partial charge < -0.3 is 15.2 Å². The second kappa shape index (κ2) is 7.08. The van der Waals surface area contributed by atoms with E-state index in [-0.39, 0.29) is 16.7 Å². The number of imidazole rings is 1. The highest BCUT2D eigenvalue weighted by Crippen LogP contribution is 2.38. The van der Waals surface area contributed by atoms with Crippen molar-refractivity contribution < 1.29 is 14.7 Å². The van der Waals surface area contributed by atoms with E-state index in [1.54, 1.807) is 0 Å². The van der Waals surface area contributed by atoms with Crippen molar-refractivity contribution in [1.82, 2.24) is 9.97 Å². The van der Waals surface area contributed by atoms with Gasteiger partial charge in [0.2, 0.25) is 0 Å². The number of nitro benzene ring substituents is 2. The Bertz CT molecular complexity index is 822. The van der Waals surface area contributed by atoms with Gasteiger partial charge in [0, 0.05) is 6.07 Å². The van der Waals surface area contributed by atoms with Gasteiger partial charge in [-0.25, -0.2) is 4.79 Å². The topological polar surface area (TPSA) is 151 Å². The zero-order valence-corrected chi connectivity index (χ0v) is 13.3. The largest absolute Gasteiger partial charge is 0.368 e. The van der Waals surface area contributed by atoms with Crippen LogP contribution in [0.25, 0.3) is 11.0 Å². The standard InChI is InChI=1S/C13H18N6O5/c1-3-17(4-2)6-5-14-11-9(18(21)22)7-8-10(12(11)19(23)24)16-13(20)15-8/h7,14H,3-6H2,1-2H3,(H2,15,16,20)/p+1. The molecule has 0 saturated carbocycles. The monoisotopic (exact) mass is 339 g/mol. The summed E-state index contributed by atoms with van der Waals surface area (Å²) in [4.78, 5) is 38.6. The van der Waals surface area contributed by atoms with E-state index in [4.69, 9.17) is 0 Å². The molecule has 11 nitrogen and oxygen atoms in total. The minimum atomic E-state index is -0.730. The molecule has 0 aliphatic carbocycles. The fourth-order valence-corrected chi connectivity index (χ4v) is 2.62. The normalized spacial score (nSPS) is 11.1. The van der Waals surface area contributed by atoms with Crippen LogP contribution in [0, 0.1) is 20.2 Å².